The fourth-order valence-electron chi connectivity index (χ4n) is 3.28. The molecule has 6 nitrogen and oxygen atoms in total. The van der Waals surface area contributed by atoms with Crippen molar-refractivity contribution in [1.82, 2.24) is 20.5 Å². The first-order valence-corrected chi connectivity index (χ1v) is 9.72. The minimum absolute atomic E-state index is 0.248. The summed E-state index contributed by atoms with van der Waals surface area (Å²) in [5.41, 5.74) is 0. The number of aromatic nitrogens is 1. The number of guanidine groups is 1. The Morgan fingerprint density at radius 1 is 1.38 bits per heavy atom. The molecule has 146 valence electrons. The number of nitrogens with zero attached hydrogens (tertiary/aromatic N) is 4. The van der Waals surface area contributed by atoms with Gasteiger partial charge in [-0.2, -0.15) is 0 Å². The van der Waals surface area contributed by atoms with Crippen molar-refractivity contribution in [2.45, 2.75) is 39.2 Å². The summed E-state index contributed by atoms with van der Waals surface area (Å²) in [6, 6.07) is 3.33. The fourth-order valence-corrected chi connectivity index (χ4v) is 3.28. The molecule has 1 fully saturated rings. The molecule has 0 bridgehead atoms. The van der Waals surface area contributed by atoms with Gasteiger partial charge >= 0.3 is 0 Å². The Morgan fingerprint density at radius 2 is 2.19 bits per heavy atom. The second-order valence-electron chi connectivity index (χ2n) is 6.62. The van der Waals surface area contributed by atoms with Gasteiger partial charge in [0.15, 0.2) is 17.6 Å². The Balaban J connectivity index is 1.69. The number of hydrogen-bond acceptors (Lipinski definition) is 4. The van der Waals surface area contributed by atoms with Crippen LogP contribution in [0.5, 0.6) is 0 Å². The van der Waals surface area contributed by atoms with E-state index in [1.807, 2.05) is 4.90 Å². The smallest absolute Gasteiger partial charge is 0.191 e. The molecule has 1 aromatic heterocycles. The number of anilines is 1. The van der Waals surface area contributed by atoms with Crippen molar-refractivity contribution in [3.05, 3.63) is 24.1 Å². The lowest BCUT2D eigenvalue weighted by Gasteiger charge is -2.20. The minimum Gasteiger partial charge on any atom is -0.356 e. The van der Waals surface area contributed by atoms with Gasteiger partial charge in [0, 0.05) is 38.9 Å². The van der Waals surface area contributed by atoms with Crippen molar-refractivity contribution in [3.8, 4) is 0 Å². The Morgan fingerprint density at radius 3 is 2.88 bits per heavy atom. The number of aliphatic imine (C=N–C) groups is 1. The first-order chi connectivity index (χ1) is 12.7. The molecule has 2 heterocycles. The molecule has 0 aromatic carbocycles. The van der Waals surface area contributed by atoms with Crippen molar-refractivity contribution in [2.75, 3.05) is 51.2 Å². The maximum atomic E-state index is 13.9. The summed E-state index contributed by atoms with van der Waals surface area (Å²) in [4.78, 5) is 12.9. The Labute approximate surface area is 156 Å². The van der Waals surface area contributed by atoms with Crippen molar-refractivity contribution >= 4 is 11.8 Å². The molecule has 26 heavy (non-hydrogen) atoms. The van der Waals surface area contributed by atoms with E-state index in [1.54, 1.807) is 19.3 Å². The third-order valence-corrected chi connectivity index (χ3v) is 4.88. The van der Waals surface area contributed by atoms with E-state index in [1.165, 1.54) is 12.5 Å². The lowest BCUT2D eigenvalue weighted by molar-refractivity contribution is 0.297. The van der Waals surface area contributed by atoms with Crippen molar-refractivity contribution < 1.29 is 4.39 Å². The molecule has 0 radical (unpaired) electrons. The molecule has 7 heteroatoms. The second-order valence-corrected chi connectivity index (χ2v) is 6.62. The lowest BCUT2D eigenvalue weighted by atomic mass is 10.2. The van der Waals surface area contributed by atoms with Gasteiger partial charge in [0.1, 0.15) is 0 Å². The fraction of sp³-hybridized carbons (Fsp3) is 0.684. The van der Waals surface area contributed by atoms with Crippen LogP contribution >= 0.6 is 0 Å². The van der Waals surface area contributed by atoms with E-state index in [0.717, 1.165) is 58.1 Å². The van der Waals surface area contributed by atoms with E-state index in [4.69, 9.17) is 0 Å². The third-order valence-electron chi connectivity index (χ3n) is 4.88. The molecular weight excluding hydrogens is 331 g/mol. The number of hydrogen-bond donors (Lipinski definition) is 2. The van der Waals surface area contributed by atoms with Crippen LogP contribution in [0.25, 0.3) is 0 Å². The predicted molar refractivity (Wildman–Crippen MR) is 106 cm³/mol. The van der Waals surface area contributed by atoms with Gasteiger partial charge in [-0.3, -0.25) is 4.99 Å². The normalized spacial score (nSPS) is 17.8. The summed E-state index contributed by atoms with van der Waals surface area (Å²) in [6.07, 6.45) is 4.88. The summed E-state index contributed by atoms with van der Waals surface area (Å²) >= 11 is 0. The molecule has 0 spiro atoms. The van der Waals surface area contributed by atoms with Crippen LogP contribution in [0.1, 0.15) is 33.1 Å². The summed E-state index contributed by atoms with van der Waals surface area (Å²) in [5.74, 6) is 1.00. The summed E-state index contributed by atoms with van der Waals surface area (Å²) < 4.78 is 13.9. The largest absolute Gasteiger partial charge is 0.356 e. The van der Waals surface area contributed by atoms with Gasteiger partial charge < -0.3 is 20.4 Å². The van der Waals surface area contributed by atoms with Crippen molar-refractivity contribution in [3.63, 3.8) is 0 Å². The van der Waals surface area contributed by atoms with Gasteiger partial charge in [-0.25, -0.2) is 9.37 Å². The standard InChI is InChI=1S/C19H33FN6/c1-4-25(5-2)13-7-6-11-23-19(21-3)24-16-10-14-26(15-16)18-17(20)9-8-12-22-18/h8-9,12,16H,4-7,10-11,13-15H2,1-3H3,(H2,21,23,24). The van der Waals surface area contributed by atoms with E-state index in [9.17, 15) is 4.39 Å². The maximum absolute atomic E-state index is 13.9. The maximum Gasteiger partial charge on any atom is 0.191 e. The van der Waals surface area contributed by atoms with E-state index >= 15 is 0 Å². The van der Waals surface area contributed by atoms with Crippen LogP contribution in [0.2, 0.25) is 0 Å². The molecule has 1 aliphatic rings. The van der Waals surface area contributed by atoms with Crippen LogP contribution in [-0.4, -0.2) is 68.2 Å². The number of rotatable bonds is 9. The van der Waals surface area contributed by atoms with E-state index in [-0.39, 0.29) is 11.9 Å². The molecule has 0 aliphatic carbocycles. The Hall–Kier alpha value is -1.89. The Bertz CT molecular complexity index is 561. The van der Waals surface area contributed by atoms with E-state index in [0.29, 0.717) is 5.82 Å². The highest BCUT2D eigenvalue weighted by Gasteiger charge is 2.25. The average Bonchev–Trinajstić information content (AvgIpc) is 3.12. The second kappa shape index (κ2) is 11.0. The van der Waals surface area contributed by atoms with Crippen LogP contribution in [0, 0.1) is 5.82 Å². The van der Waals surface area contributed by atoms with E-state index < -0.39 is 0 Å². The summed E-state index contributed by atoms with van der Waals surface area (Å²) in [6.45, 7) is 10.2. The average molecular weight is 365 g/mol. The predicted octanol–water partition coefficient (Wildman–Crippen LogP) is 2.09. The van der Waals surface area contributed by atoms with Crippen LogP contribution in [-0.2, 0) is 0 Å². The molecule has 1 unspecified atom stereocenters. The SMILES string of the molecule is CCN(CC)CCCCNC(=NC)NC1CCN(c2ncccc2F)C1. The van der Waals surface area contributed by atoms with Crippen molar-refractivity contribution in [2.24, 2.45) is 4.99 Å². The van der Waals surface area contributed by atoms with Gasteiger partial charge in [0.2, 0.25) is 0 Å². The van der Waals surface area contributed by atoms with Crippen LogP contribution < -0.4 is 15.5 Å². The zero-order valence-electron chi connectivity index (χ0n) is 16.3. The zero-order chi connectivity index (χ0) is 18.8. The molecule has 0 saturated carbocycles. The highest BCUT2D eigenvalue weighted by atomic mass is 19.1. The number of unbranched alkanes of at least 4 members (excludes halogenated alkanes) is 1. The van der Waals surface area contributed by atoms with Crippen LogP contribution in [0.3, 0.4) is 0 Å². The minimum atomic E-state index is -0.260. The third kappa shape index (κ3) is 6.12. The topological polar surface area (TPSA) is 55.8 Å². The molecule has 1 atom stereocenters. The summed E-state index contributed by atoms with van der Waals surface area (Å²) in [7, 11) is 1.79. The first-order valence-electron chi connectivity index (χ1n) is 9.72. The van der Waals surface area contributed by atoms with Gasteiger partial charge in [-0.05, 0) is 51.0 Å². The molecule has 0 amide bonds. The zero-order valence-corrected chi connectivity index (χ0v) is 16.3. The summed E-state index contributed by atoms with van der Waals surface area (Å²) in [5, 5.41) is 6.83. The first kappa shape index (κ1) is 20.4. The molecule has 1 aromatic rings. The van der Waals surface area contributed by atoms with Gasteiger partial charge in [0.25, 0.3) is 0 Å². The monoisotopic (exact) mass is 364 g/mol. The number of halogens is 1. The molecule has 1 saturated heterocycles. The molecule has 2 N–H and O–H groups in total. The molecule has 1 aliphatic heterocycles. The van der Waals surface area contributed by atoms with E-state index in [2.05, 4.69) is 39.4 Å². The quantitative estimate of drug-likeness (QED) is 0.399. The van der Waals surface area contributed by atoms with Gasteiger partial charge in [0.05, 0.1) is 0 Å². The van der Waals surface area contributed by atoms with Crippen molar-refractivity contribution in [1.29, 1.82) is 0 Å². The highest BCUT2D eigenvalue weighted by molar-refractivity contribution is 5.80. The van der Waals surface area contributed by atoms with Crippen LogP contribution in [0.15, 0.2) is 23.3 Å². The van der Waals surface area contributed by atoms with Crippen LogP contribution in [0.4, 0.5) is 10.2 Å². The highest BCUT2D eigenvalue weighted by Crippen LogP contribution is 2.20. The van der Waals surface area contributed by atoms with Gasteiger partial charge in [-0.1, -0.05) is 13.8 Å². The van der Waals surface area contributed by atoms with Gasteiger partial charge in [-0.15, -0.1) is 0 Å². The Kier molecular flexibility index (Phi) is 8.61. The molecule has 2 rings (SSSR count). The molecular formula is C19H33FN6. The lowest BCUT2D eigenvalue weighted by Crippen LogP contribution is -2.45. The number of nitrogens with one attached hydrogen (secondary N) is 2. The number of pyridine rings is 1.